The lowest BCUT2D eigenvalue weighted by Crippen LogP contribution is -2.33. The zero-order valence-electron chi connectivity index (χ0n) is 13.4. The molecule has 0 aliphatic carbocycles. The standard InChI is InChI=1S/C14H26O6S/c1-6-8-21(17,18)9-7-12(13(15)19-10(2)3)14(16)20-11(4)5/h10-12H,6-9H2,1-5H3. The van der Waals surface area contributed by atoms with Crippen LogP contribution in [0.1, 0.15) is 47.5 Å². The second-order valence-corrected chi connectivity index (χ2v) is 7.77. The summed E-state index contributed by atoms with van der Waals surface area (Å²) >= 11 is 0. The molecule has 0 bridgehead atoms. The topological polar surface area (TPSA) is 86.7 Å². The third-order valence-corrected chi connectivity index (χ3v) is 4.39. The van der Waals surface area contributed by atoms with E-state index in [1.165, 1.54) is 0 Å². The Morgan fingerprint density at radius 2 is 1.33 bits per heavy atom. The van der Waals surface area contributed by atoms with Gasteiger partial charge in [0.1, 0.15) is 9.84 Å². The second kappa shape index (κ2) is 9.02. The van der Waals surface area contributed by atoms with Gasteiger partial charge in [0.15, 0.2) is 5.92 Å². The van der Waals surface area contributed by atoms with Crippen molar-refractivity contribution >= 4 is 21.8 Å². The van der Waals surface area contributed by atoms with Gasteiger partial charge in [-0.1, -0.05) is 6.92 Å². The monoisotopic (exact) mass is 322 g/mol. The first-order valence-corrected chi connectivity index (χ1v) is 9.02. The number of hydrogen-bond acceptors (Lipinski definition) is 6. The fourth-order valence-electron chi connectivity index (χ4n) is 1.67. The minimum Gasteiger partial charge on any atom is -0.462 e. The molecule has 0 saturated carbocycles. The molecule has 0 rings (SSSR count). The van der Waals surface area contributed by atoms with E-state index in [9.17, 15) is 18.0 Å². The van der Waals surface area contributed by atoms with Crippen LogP contribution in [-0.4, -0.2) is 44.1 Å². The van der Waals surface area contributed by atoms with Crippen LogP contribution in [0.2, 0.25) is 0 Å². The summed E-state index contributed by atoms with van der Waals surface area (Å²) in [6.07, 6.45) is -0.363. The minimum absolute atomic E-state index is 0.0399. The van der Waals surface area contributed by atoms with Crippen molar-refractivity contribution in [1.29, 1.82) is 0 Å². The summed E-state index contributed by atoms with van der Waals surface area (Å²) in [5.74, 6) is -2.85. The van der Waals surface area contributed by atoms with Crippen LogP contribution in [0.15, 0.2) is 0 Å². The Bertz CT molecular complexity index is 416. The van der Waals surface area contributed by atoms with Crippen LogP contribution in [-0.2, 0) is 28.9 Å². The third-order valence-electron chi connectivity index (χ3n) is 2.51. The molecular weight excluding hydrogens is 296 g/mol. The van der Waals surface area contributed by atoms with Crippen LogP contribution in [0.4, 0.5) is 0 Å². The molecule has 0 fully saturated rings. The number of rotatable bonds is 9. The molecule has 0 aromatic carbocycles. The predicted molar refractivity (Wildman–Crippen MR) is 79.5 cm³/mol. The van der Waals surface area contributed by atoms with E-state index in [0.29, 0.717) is 6.42 Å². The molecule has 0 atom stereocenters. The van der Waals surface area contributed by atoms with E-state index in [0.717, 1.165) is 0 Å². The molecule has 0 N–H and O–H groups in total. The number of carbonyl (C=O) groups is 2. The quantitative estimate of drug-likeness (QED) is 0.474. The number of ether oxygens (including phenoxy) is 2. The highest BCUT2D eigenvalue weighted by molar-refractivity contribution is 7.91. The number of hydrogen-bond donors (Lipinski definition) is 0. The van der Waals surface area contributed by atoms with Gasteiger partial charge in [0.25, 0.3) is 0 Å². The van der Waals surface area contributed by atoms with Crippen LogP contribution in [0, 0.1) is 5.92 Å². The van der Waals surface area contributed by atoms with E-state index in [1.807, 2.05) is 0 Å². The molecule has 21 heavy (non-hydrogen) atoms. The Labute approximate surface area is 127 Å². The first kappa shape index (κ1) is 19.9. The molecule has 0 aliphatic heterocycles. The lowest BCUT2D eigenvalue weighted by atomic mass is 10.1. The molecule has 7 heteroatoms. The number of esters is 2. The smallest absolute Gasteiger partial charge is 0.320 e. The van der Waals surface area contributed by atoms with Gasteiger partial charge in [-0.3, -0.25) is 9.59 Å². The maximum Gasteiger partial charge on any atom is 0.320 e. The van der Waals surface area contributed by atoms with Gasteiger partial charge in [-0.25, -0.2) is 8.42 Å². The SMILES string of the molecule is CCCS(=O)(=O)CCC(C(=O)OC(C)C)C(=O)OC(C)C. The zero-order chi connectivity index (χ0) is 16.6. The van der Waals surface area contributed by atoms with Crippen LogP contribution in [0.3, 0.4) is 0 Å². The van der Waals surface area contributed by atoms with Crippen molar-refractivity contribution in [3.8, 4) is 0 Å². The van der Waals surface area contributed by atoms with E-state index in [2.05, 4.69) is 0 Å². The van der Waals surface area contributed by atoms with Crippen molar-refractivity contribution in [2.45, 2.75) is 59.7 Å². The van der Waals surface area contributed by atoms with Gasteiger partial charge < -0.3 is 9.47 Å². The molecule has 124 valence electrons. The van der Waals surface area contributed by atoms with E-state index < -0.39 is 27.7 Å². The molecule has 0 heterocycles. The minimum atomic E-state index is -3.27. The highest BCUT2D eigenvalue weighted by Gasteiger charge is 2.32. The van der Waals surface area contributed by atoms with Gasteiger partial charge >= 0.3 is 11.9 Å². The van der Waals surface area contributed by atoms with Crippen LogP contribution in [0.5, 0.6) is 0 Å². The molecule has 0 radical (unpaired) electrons. The van der Waals surface area contributed by atoms with E-state index >= 15 is 0 Å². The molecule has 0 unspecified atom stereocenters. The lowest BCUT2D eigenvalue weighted by Gasteiger charge is -2.18. The zero-order valence-corrected chi connectivity index (χ0v) is 14.2. The summed E-state index contributed by atoms with van der Waals surface area (Å²) in [4.78, 5) is 23.9. The van der Waals surface area contributed by atoms with Gasteiger partial charge in [-0.05, 0) is 40.5 Å². The Morgan fingerprint density at radius 3 is 1.67 bits per heavy atom. The Balaban J connectivity index is 4.89. The van der Waals surface area contributed by atoms with Crippen LogP contribution < -0.4 is 0 Å². The average molecular weight is 322 g/mol. The molecule has 0 saturated heterocycles. The predicted octanol–water partition coefficient (Wildman–Crippen LogP) is 1.72. The second-order valence-electron chi connectivity index (χ2n) is 5.46. The number of carbonyl (C=O) groups excluding carboxylic acids is 2. The first-order chi connectivity index (χ1) is 9.59. The summed E-state index contributed by atoms with van der Waals surface area (Å²) < 4.78 is 33.5. The van der Waals surface area contributed by atoms with Gasteiger partial charge in [0.2, 0.25) is 0 Å². The molecule has 0 aromatic heterocycles. The lowest BCUT2D eigenvalue weighted by molar-refractivity contribution is -0.166. The van der Waals surface area contributed by atoms with Crippen molar-refractivity contribution in [3.05, 3.63) is 0 Å². The highest BCUT2D eigenvalue weighted by atomic mass is 32.2. The fraction of sp³-hybridized carbons (Fsp3) is 0.857. The molecule has 6 nitrogen and oxygen atoms in total. The largest absolute Gasteiger partial charge is 0.462 e. The maximum absolute atomic E-state index is 11.9. The van der Waals surface area contributed by atoms with Crippen molar-refractivity contribution in [1.82, 2.24) is 0 Å². The van der Waals surface area contributed by atoms with Crippen molar-refractivity contribution in [3.63, 3.8) is 0 Å². The normalized spacial score (nSPS) is 12.0. The van der Waals surface area contributed by atoms with Crippen molar-refractivity contribution < 1.29 is 27.5 Å². The molecule has 0 amide bonds. The molecule has 0 spiro atoms. The fourth-order valence-corrected chi connectivity index (χ4v) is 3.09. The summed E-state index contributed by atoms with van der Waals surface area (Å²) in [5.41, 5.74) is 0. The van der Waals surface area contributed by atoms with Crippen LogP contribution >= 0.6 is 0 Å². The summed E-state index contributed by atoms with van der Waals surface area (Å²) in [6.45, 7) is 8.41. The van der Waals surface area contributed by atoms with E-state index in [1.54, 1.807) is 34.6 Å². The maximum atomic E-state index is 11.9. The molecule has 0 aliphatic rings. The molecular formula is C14H26O6S. The number of sulfone groups is 1. The van der Waals surface area contributed by atoms with Gasteiger partial charge in [-0.15, -0.1) is 0 Å². The van der Waals surface area contributed by atoms with Gasteiger partial charge in [0, 0.05) is 5.75 Å². The molecule has 0 aromatic rings. The third kappa shape index (κ3) is 8.70. The van der Waals surface area contributed by atoms with Gasteiger partial charge in [0.05, 0.1) is 18.0 Å². The summed E-state index contributed by atoms with van der Waals surface area (Å²) in [6, 6.07) is 0. The average Bonchev–Trinajstić information content (AvgIpc) is 2.26. The Morgan fingerprint density at radius 1 is 0.905 bits per heavy atom. The van der Waals surface area contributed by atoms with Gasteiger partial charge in [-0.2, -0.15) is 0 Å². The van der Waals surface area contributed by atoms with Crippen molar-refractivity contribution in [2.24, 2.45) is 5.92 Å². The van der Waals surface area contributed by atoms with Crippen LogP contribution in [0.25, 0.3) is 0 Å². The summed E-state index contributed by atoms with van der Waals surface area (Å²) in [7, 11) is -3.27. The Hall–Kier alpha value is -1.11. The first-order valence-electron chi connectivity index (χ1n) is 7.20. The van der Waals surface area contributed by atoms with Crippen molar-refractivity contribution in [2.75, 3.05) is 11.5 Å². The van der Waals surface area contributed by atoms with E-state index in [-0.39, 0.29) is 30.1 Å². The van der Waals surface area contributed by atoms with E-state index in [4.69, 9.17) is 9.47 Å². The Kier molecular flexibility index (Phi) is 8.54. The summed E-state index contributed by atoms with van der Waals surface area (Å²) in [5, 5.41) is 0. The highest BCUT2D eigenvalue weighted by Crippen LogP contribution is 2.14.